The van der Waals surface area contributed by atoms with Crippen LogP contribution in [0.3, 0.4) is 0 Å². The second kappa shape index (κ2) is 9.50. The second-order valence-corrected chi connectivity index (χ2v) is 8.07. The van der Waals surface area contributed by atoms with Crippen LogP contribution in [0.4, 0.5) is 4.39 Å². The summed E-state index contributed by atoms with van der Waals surface area (Å²) in [5.74, 6) is -0.439. The van der Waals surface area contributed by atoms with Crippen molar-refractivity contribution in [1.82, 2.24) is 19.0 Å². The van der Waals surface area contributed by atoms with E-state index in [0.29, 0.717) is 19.6 Å². The van der Waals surface area contributed by atoms with Crippen molar-refractivity contribution >= 4 is 22.4 Å². The molecule has 0 spiro atoms. The third-order valence-corrected chi connectivity index (χ3v) is 6.42. The minimum Gasteiger partial charge on any atom is -0.495 e. The van der Waals surface area contributed by atoms with Crippen molar-refractivity contribution in [3.05, 3.63) is 42.5 Å². The van der Waals surface area contributed by atoms with Crippen LogP contribution in [0, 0.1) is 5.82 Å². The smallest absolute Gasteiger partial charge is 0.246 e. The number of methoxy groups -OCH3 is 1. The van der Waals surface area contributed by atoms with Gasteiger partial charge in [0.25, 0.3) is 0 Å². The van der Waals surface area contributed by atoms with Gasteiger partial charge < -0.3 is 9.64 Å². The molecule has 1 aromatic carbocycles. The van der Waals surface area contributed by atoms with Gasteiger partial charge in [-0.15, -0.1) is 12.4 Å². The predicted octanol–water partition coefficient (Wildman–Crippen LogP) is 1.85. The van der Waals surface area contributed by atoms with Gasteiger partial charge in [0.15, 0.2) is 0 Å². The molecule has 7 nitrogen and oxygen atoms in total. The summed E-state index contributed by atoms with van der Waals surface area (Å²) < 4.78 is 47.9. The van der Waals surface area contributed by atoms with Crippen LogP contribution in [0.25, 0.3) is 0 Å². The highest BCUT2D eigenvalue weighted by Gasteiger charge is 2.29. The molecule has 1 aliphatic heterocycles. The van der Waals surface area contributed by atoms with Crippen molar-refractivity contribution in [2.24, 2.45) is 0 Å². The molecule has 0 N–H and O–H groups in total. The van der Waals surface area contributed by atoms with Gasteiger partial charge in [0.1, 0.15) is 16.5 Å². The lowest BCUT2D eigenvalue weighted by Crippen LogP contribution is -2.36. The molecule has 1 saturated heterocycles. The van der Waals surface area contributed by atoms with Crippen molar-refractivity contribution in [2.75, 3.05) is 39.8 Å². The molecule has 27 heavy (non-hydrogen) atoms. The van der Waals surface area contributed by atoms with Crippen molar-refractivity contribution in [2.45, 2.75) is 17.9 Å². The Labute approximate surface area is 165 Å². The Balaban J connectivity index is 0.00000261. The number of aromatic nitrogens is 2. The van der Waals surface area contributed by atoms with E-state index < -0.39 is 15.8 Å². The van der Waals surface area contributed by atoms with Gasteiger partial charge in [-0.1, -0.05) is 0 Å². The van der Waals surface area contributed by atoms with E-state index in [4.69, 9.17) is 4.74 Å². The zero-order valence-electron chi connectivity index (χ0n) is 15.1. The van der Waals surface area contributed by atoms with Gasteiger partial charge in [0.2, 0.25) is 10.0 Å². The third kappa shape index (κ3) is 5.19. The number of benzene rings is 1. The molecule has 0 bridgehead atoms. The van der Waals surface area contributed by atoms with Crippen LogP contribution in [0.5, 0.6) is 5.75 Å². The van der Waals surface area contributed by atoms with Gasteiger partial charge in [-0.05, 0) is 37.2 Å². The Kier molecular flexibility index (Phi) is 7.60. The van der Waals surface area contributed by atoms with E-state index >= 15 is 0 Å². The lowest BCUT2D eigenvalue weighted by Gasteiger charge is -2.22. The molecule has 2 aromatic rings. The van der Waals surface area contributed by atoms with E-state index in [1.807, 2.05) is 16.9 Å². The topological polar surface area (TPSA) is 67.7 Å². The average molecular weight is 419 g/mol. The Hall–Kier alpha value is -1.68. The molecule has 0 saturated carbocycles. The quantitative estimate of drug-likeness (QED) is 0.716. The fourth-order valence-electron chi connectivity index (χ4n) is 3.08. The van der Waals surface area contributed by atoms with Crippen molar-refractivity contribution in [3.63, 3.8) is 0 Å². The molecule has 2 heterocycles. The van der Waals surface area contributed by atoms with E-state index in [2.05, 4.69) is 10.00 Å². The Morgan fingerprint density at radius 3 is 2.70 bits per heavy atom. The van der Waals surface area contributed by atoms with Crippen molar-refractivity contribution in [3.8, 4) is 5.75 Å². The predicted molar refractivity (Wildman–Crippen MR) is 102 cm³/mol. The summed E-state index contributed by atoms with van der Waals surface area (Å²) in [5.41, 5.74) is 0. The molecule has 1 aliphatic rings. The molecular formula is C17H24ClFN4O3S. The molecule has 1 fully saturated rings. The number of ether oxygens (including phenoxy) is 1. The average Bonchev–Trinajstić information content (AvgIpc) is 3.03. The van der Waals surface area contributed by atoms with Crippen molar-refractivity contribution < 1.29 is 17.5 Å². The van der Waals surface area contributed by atoms with Gasteiger partial charge in [-0.2, -0.15) is 9.40 Å². The lowest BCUT2D eigenvalue weighted by atomic mass is 10.3. The van der Waals surface area contributed by atoms with Gasteiger partial charge in [-0.25, -0.2) is 12.8 Å². The third-order valence-electron chi connectivity index (χ3n) is 4.50. The number of rotatable bonds is 6. The summed E-state index contributed by atoms with van der Waals surface area (Å²) in [6, 6.07) is 5.44. The molecule has 0 amide bonds. The maximum atomic E-state index is 13.6. The number of hydrogen-bond donors (Lipinski definition) is 0. The zero-order valence-corrected chi connectivity index (χ0v) is 16.8. The van der Waals surface area contributed by atoms with E-state index in [1.165, 1.54) is 23.5 Å². The van der Waals surface area contributed by atoms with Crippen LogP contribution in [-0.4, -0.2) is 67.2 Å². The van der Waals surface area contributed by atoms with Crippen LogP contribution in [-0.2, 0) is 16.6 Å². The number of nitrogens with zero attached hydrogens (tertiary/aromatic N) is 4. The largest absolute Gasteiger partial charge is 0.495 e. The molecule has 0 atom stereocenters. The van der Waals surface area contributed by atoms with E-state index in [0.717, 1.165) is 32.1 Å². The second-order valence-electron chi connectivity index (χ2n) is 6.16. The first-order valence-electron chi connectivity index (χ1n) is 8.54. The van der Waals surface area contributed by atoms with Crippen LogP contribution in [0.2, 0.25) is 0 Å². The maximum Gasteiger partial charge on any atom is 0.246 e. The zero-order chi connectivity index (χ0) is 18.6. The first-order valence-corrected chi connectivity index (χ1v) is 9.98. The standard InChI is InChI=1S/C17H23FN4O3S.ClH/c1-25-16-5-4-15(18)14-17(16)26(23,24)22-9-3-7-20(11-13-22)10-12-21-8-2-6-19-21;/h2,4-6,8,14H,3,7,9-13H2,1H3;1H. The van der Waals surface area contributed by atoms with Crippen LogP contribution >= 0.6 is 12.4 Å². The van der Waals surface area contributed by atoms with Crippen LogP contribution in [0.15, 0.2) is 41.6 Å². The molecule has 3 rings (SSSR count). The van der Waals surface area contributed by atoms with Gasteiger partial charge in [-0.3, -0.25) is 4.68 Å². The highest BCUT2D eigenvalue weighted by Crippen LogP contribution is 2.28. The number of hydrogen-bond acceptors (Lipinski definition) is 5. The molecule has 10 heteroatoms. The normalized spacial score (nSPS) is 16.5. The molecule has 0 unspecified atom stereocenters. The van der Waals surface area contributed by atoms with E-state index in [9.17, 15) is 12.8 Å². The summed E-state index contributed by atoms with van der Waals surface area (Å²) in [6.45, 7) is 3.77. The molecule has 150 valence electrons. The molecule has 0 aliphatic carbocycles. The maximum absolute atomic E-state index is 13.6. The summed E-state index contributed by atoms with van der Waals surface area (Å²) in [7, 11) is -2.43. The SMILES string of the molecule is COc1ccc(F)cc1S(=O)(=O)N1CCCN(CCn2cccn2)CC1.Cl. The number of sulfonamides is 1. The minimum atomic E-state index is -3.81. The summed E-state index contributed by atoms with van der Waals surface area (Å²) in [6.07, 6.45) is 4.36. The first-order chi connectivity index (χ1) is 12.5. The molecule has 0 radical (unpaired) electrons. The summed E-state index contributed by atoms with van der Waals surface area (Å²) in [5, 5.41) is 4.18. The van der Waals surface area contributed by atoms with E-state index in [1.54, 1.807) is 6.20 Å². The van der Waals surface area contributed by atoms with Gasteiger partial charge >= 0.3 is 0 Å². The fraction of sp³-hybridized carbons (Fsp3) is 0.471. The van der Waals surface area contributed by atoms with Crippen LogP contribution in [0.1, 0.15) is 6.42 Å². The summed E-state index contributed by atoms with van der Waals surface area (Å²) in [4.78, 5) is 2.10. The Bertz CT molecular complexity index is 833. The Morgan fingerprint density at radius 1 is 1.19 bits per heavy atom. The minimum absolute atomic E-state index is 0. The van der Waals surface area contributed by atoms with E-state index in [-0.39, 0.29) is 23.1 Å². The molecular weight excluding hydrogens is 395 g/mol. The lowest BCUT2D eigenvalue weighted by molar-refractivity contribution is 0.270. The first kappa shape index (κ1) is 21.6. The van der Waals surface area contributed by atoms with Gasteiger partial charge in [0.05, 0.1) is 13.7 Å². The van der Waals surface area contributed by atoms with Crippen LogP contribution < -0.4 is 4.74 Å². The highest BCUT2D eigenvalue weighted by molar-refractivity contribution is 7.89. The van der Waals surface area contributed by atoms with Gasteiger partial charge in [0, 0.05) is 38.6 Å². The fourth-order valence-corrected chi connectivity index (χ4v) is 4.72. The Morgan fingerprint density at radius 2 is 2.00 bits per heavy atom. The highest BCUT2D eigenvalue weighted by atomic mass is 35.5. The molecule has 1 aromatic heterocycles. The monoisotopic (exact) mass is 418 g/mol. The number of halogens is 2. The summed E-state index contributed by atoms with van der Waals surface area (Å²) >= 11 is 0. The van der Waals surface area contributed by atoms with Crippen molar-refractivity contribution in [1.29, 1.82) is 0 Å².